The lowest BCUT2D eigenvalue weighted by Crippen LogP contribution is -2.54. The molecule has 0 aliphatic carbocycles. The predicted octanol–water partition coefficient (Wildman–Crippen LogP) is 2.75. The van der Waals surface area contributed by atoms with Gasteiger partial charge in [0.05, 0.1) is 0 Å². The largest absolute Gasteiger partial charge is 0.480 e. The lowest BCUT2D eigenvalue weighted by Gasteiger charge is -2.28. The first-order valence-electron chi connectivity index (χ1n) is 6.01. The van der Waals surface area contributed by atoms with E-state index in [-0.39, 0.29) is 6.04 Å². The first-order chi connectivity index (χ1) is 7.42. The highest BCUT2D eigenvalue weighted by molar-refractivity contribution is 7.99. The van der Waals surface area contributed by atoms with Gasteiger partial charge in [0.25, 0.3) is 0 Å². The van der Waals surface area contributed by atoms with Crippen LogP contribution in [0.5, 0.6) is 0 Å². The minimum Gasteiger partial charge on any atom is -0.480 e. The van der Waals surface area contributed by atoms with Crippen LogP contribution in [0.15, 0.2) is 0 Å². The van der Waals surface area contributed by atoms with E-state index in [0.717, 1.165) is 5.75 Å². The zero-order valence-electron chi connectivity index (χ0n) is 10.9. The molecule has 0 aromatic rings. The number of rotatable bonds is 9. The van der Waals surface area contributed by atoms with Crippen LogP contribution in [-0.2, 0) is 4.79 Å². The molecule has 2 N–H and O–H groups in total. The topological polar surface area (TPSA) is 49.3 Å². The maximum Gasteiger partial charge on any atom is 0.324 e. The highest BCUT2D eigenvalue weighted by atomic mass is 32.2. The maximum absolute atomic E-state index is 11.2. The van der Waals surface area contributed by atoms with Gasteiger partial charge in [-0.2, -0.15) is 11.8 Å². The average molecular weight is 247 g/mol. The van der Waals surface area contributed by atoms with Crippen molar-refractivity contribution in [2.45, 2.75) is 58.5 Å². The Balaban J connectivity index is 3.98. The molecular weight excluding hydrogens is 222 g/mol. The van der Waals surface area contributed by atoms with Crippen LogP contribution >= 0.6 is 11.8 Å². The van der Waals surface area contributed by atoms with E-state index in [0.29, 0.717) is 5.75 Å². The van der Waals surface area contributed by atoms with E-state index in [2.05, 4.69) is 12.2 Å². The molecule has 4 heteroatoms. The zero-order chi connectivity index (χ0) is 12.6. The molecule has 0 heterocycles. The summed E-state index contributed by atoms with van der Waals surface area (Å²) >= 11 is 1.73. The summed E-state index contributed by atoms with van der Waals surface area (Å²) in [5.74, 6) is 0.921. The van der Waals surface area contributed by atoms with Crippen molar-refractivity contribution in [1.29, 1.82) is 0 Å². The Morgan fingerprint density at radius 3 is 2.50 bits per heavy atom. The molecule has 0 aliphatic rings. The Hall–Kier alpha value is -0.220. The van der Waals surface area contributed by atoms with Gasteiger partial charge in [-0.25, -0.2) is 0 Å². The highest BCUT2D eigenvalue weighted by Gasteiger charge is 2.33. The summed E-state index contributed by atoms with van der Waals surface area (Å²) in [5, 5.41) is 12.3. The number of thioether (sulfide) groups is 1. The van der Waals surface area contributed by atoms with Crippen molar-refractivity contribution in [3.8, 4) is 0 Å². The second-order valence-corrected chi connectivity index (χ2v) is 5.80. The summed E-state index contributed by atoms with van der Waals surface area (Å²) in [7, 11) is 0. The van der Waals surface area contributed by atoms with Gasteiger partial charge in [0, 0.05) is 11.8 Å². The number of hydrogen-bond acceptors (Lipinski definition) is 3. The molecule has 0 amide bonds. The number of carboxylic acid groups (broad SMARTS) is 1. The molecule has 96 valence electrons. The molecule has 1 unspecified atom stereocenters. The van der Waals surface area contributed by atoms with Crippen LogP contribution in [-0.4, -0.2) is 34.2 Å². The van der Waals surface area contributed by atoms with Crippen molar-refractivity contribution in [2.24, 2.45) is 0 Å². The van der Waals surface area contributed by atoms with Gasteiger partial charge < -0.3 is 5.11 Å². The minimum absolute atomic E-state index is 0.192. The van der Waals surface area contributed by atoms with Crippen LogP contribution in [0.2, 0.25) is 0 Å². The van der Waals surface area contributed by atoms with Gasteiger partial charge in [-0.15, -0.1) is 0 Å². The van der Waals surface area contributed by atoms with Crippen LogP contribution in [0.25, 0.3) is 0 Å². The first-order valence-corrected chi connectivity index (χ1v) is 7.16. The second kappa shape index (κ2) is 7.96. The summed E-state index contributed by atoms with van der Waals surface area (Å²) in [5.41, 5.74) is -0.801. The van der Waals surface area contributed by atoms with Crippen LogP contribution in [0.3, 0.4) is 0 Å². The summed E-state index contributed by atoms with van der Waals surface area (Å²) < 4.78 is 0. The molecule has 0 fully saturated rings. The number of nitrogens with one attached hydrogen (secondary N) is 1. The van der Waals surface area contributed by atoms with Crippen LogP contribution in [0.4, 0.5) is 0 Å². The van der Waals surface area contributed by atoms with Gasteiger partial charge in [-0.3, -0.25) is 10.1 Å². The van der Waals surface area contributed by atoms with Crippen molar-refractivity contribution in [3.63, 3.8) is 0 Å². The van der Waals surface area contributed by atoms with E-state index in [9.17, 15) is 9.90 Å². The van der Waals surface area contributed by atoms with Gasteiger partial charge >= 0.3 is 5.97 Å². The third-order valence-corrected chi connectivity index (χ3v) is 3.72. The molecule has 0 spiro atoms. The van der Waals surface area contributed by atoms with E-state index in [1.165, 1.54) is 19.3 Å². The van der Waals surface area contributed by atoms with Gasteiger partial charge in [0.1, 0.15) is 5.54 Å². The Kier molecular flexibility index (Phi) is 7.85. The lowest BCUT2D eigenvalue weighted by molar-refractivity contribution is -0.143. The van der Waals surface area contributed by atoms with Crippen molar-refractivity contribution < 1.29 is 9.90 Å². The molecule has 0 aliphatic heterocycles. The molecule has 0 saturated carbocycles. The molecule has 0 aromatic heterocycles. The molecule has 1 atom stereocenters. The summed E-state index contributed by atoms with van der Waals surface area (Å²) in [6.07, 6.45) is 3.62. The van der Waals surface area contributed by atoms with Crippen LogP contribution < -0.4 is 5.32 Å². The SMILES string of the molecule is CCCCCSCC(C)(NC(C)C)C(=O)O. The monoisotopic (exact) mass is 247 g/mol. The second-order valence-electron chi connectivity index (χ2n) is 4.70. The number of unbranched alkanes of at least 4 members (excludes halogenated alkanes) is 2. The Morgan fingerprint density at radius 1 is 1.44 bits per heavy atom. The lowest BCUT2D eigenvalue weighted by atomic mass is 10.1. The third kappa shape index (κ3) is 6.38. The standard InChI is InChI=1S/C12H25NO2S/c1-5-6-7-8-16-9-12(4,11(14)15)13-10(2)3/h10,13H,5-9H2,1-4H3,(H,14,15). The van der Waals surface area contributed by atoms with Gasteiger partial charge in [-0.05, 0) is 32.9 Å². The first kappa shape index (κ1) is 15.8. The van der Waals surface area contributed by atoms with E-state index in [1.54, 1.807) is 18.7 Å². The van der Waals surface area contributed by atoms with Gasteiger partial charge in [-0.1, -0.05) is 19.8 Å². The summed E-state index contributed by atoms with van der Waals surface area (Å²) in [4.78, 5) is 11.2. The van der Waals surface area contributed by atoms with Gasteiger partial charge in [0.2, 0.25) is 0 Å². The fourth-order valence-corrected chi connectivity index (χ4v) is 2.70. The highest BCUT2D eigenvalue weighted by Crippen LogP contribution is 2.16. The van der Waals surface area contributed by atoms with Crippen molar-refractivity contribution in [3.05, 3.63) is 0 Å². The Bertz CT molecular complexity index is 209. The molecule has 3 nitrogen and oxygen atoms in total. The fraction of sp³-hybridized carbons (Fsp3) is 0.917. The van der Waals surface area contributed by atoms with Crippen molar-refractivity contribution >= 4 is 17.7 Å². The predicted molar refractivity (Wildman–Crippen MR) is 71.2 cm³/mol. The third-order valence-electron chi connectivity index (χ3n) is 2.36. The van der Waals surface area contributed by atoms with E-state index < -0.39 is 11.5 Å². The number of carboxylic acids is 1. The molecule has 0 rings (SSSR count). The maximum atomic E-state index is 11.2. The zero-order valence-corrected chi connectivity index (χ0v) is 11.7. The van der Waals surface area contributed by atoms with Crippen LogP contribution in [0, 0.1) is 0 Å². The Morgan fingerprint density at radius 2 is 2.06 bits per heavy atom. The Labute approximate surface area is 103 Å². The molecular formula is C12H25NO2S. The summed E-state index contributed by atoms with van der Waals surface area (Å²) in [6, 6.07) is 0.192. The van der Waals surface area contributed by atoms with Crippen LogP contribution in [0.1, 0.15) is 47.0 Å². The molecule has 0 saturated heterocycles. The number of aliphatic carboxylic acids is 1. The minimum atomic E-state index is -0.801. The average Bonchev–Trinajstić information content (AvgIpc) is 2.16. The van der Waals surface area contributed by atoms with Crippen molar-refractivity contribution in [1.82, 2.24) is 5.32 Å². The molecule has 0 radical (unpaired) electrons. The van der Waals surface area contributed by atoms with Crippen molar-refractivity contribution in [2.75, 3.05) is 11.5 Å². The van der Waals surface area contributed by atoms with E-state index in [1.807, 2.05) is 13.8 Å². The normalized spacial score (nSPS) is 15.1. The number of hydrogen-bond donors (Lipinski definition) is 2. The fourth-order valence-electron chi connectivity index (χ4n) is 1.53. The molecule has 0 aromatic carbocycles. The summed E-state index contributed by atoms with van der Waals surface area (Å²) in [6.45, 7) is 7.89. The van der Waals surface area contributed by atoms with Gasteiger partial charge in [0.15, 0.2) is 0 Å². The molecule has 0 bridgehead atoms. The van der Waals surface area contributed by atoms with E-state index >= 15 is 0 Å². The van der Waals surface area contributed by atoms with E-state index in [4.69, 9.17) is 0 Å². The molecule has 16 heavy (non-hydrogen) atoms. The smallest absolute Gasteiger partial charge is 0.324 e. The number of carbonyl (C=O) groups is 1. The quantitative estimate of drug-likeness (QED) is 0.615.